The number of methoxy groups -OCH3 is 1. The van der Waals surface area contributed by atoms with Gasteiger partial charge in [-0.05, 0) is 49.1 Å². The Hall–Kier alpha value is -0.966. The summed E-state index contributed by atoms with van der Waals surface area (Å²) >= 11 is 0. The molecule has 0 radical (unpaired) electrons. The molecular formula is C27H50O6Si2. The first-order valence-corrected chi connectivity index (χ1v) is 19.0. The van der Waals surface area contributed by atoms with E-state index in [1.165, 1.54) is 7.11 Å². The Morgan fingerprint density at radius 2 is 1.69 bits per heavy atom. The van der Waals surface area contributed by atoms with E-state index in [4.69, 9.17) is 18.3 Å². The van der Waals surface area contributed by atoms with Crippen LogP contribution < -0.4 is 0 Å². The van der Waals surface area contributed by atoms with Crippen molar-refractivity contribution in [3.8, 4) is 0 Å². The molecule has 0 N–H and O–H groups in total. The lowest BCUT2D eigenvalue weighted by molar-refractivity contribution is -0.142. The summed E-state index contributed by atoms with van der Waals surface area (Å²) in [6.45, 7) is 22.5. The average molecular weight is 527 g/mol. The molecule has 1 aliphatic heterocycles. The lowest BCUT2D eigenvalue weighted by Crippen LogP contribution is -2.45. The minimum atomic E-state index is -2.02. The van der Waals surface area contributed by atoms with Gasteiger partial charge in [-0.3, -0.25) is 9.59 Å². The second-order valence-electron chi connectivity index (χ2n) is 13.4. The Labute approximate surface area is 215 Å². The van der Waals surface area contributed by atoms with E-state index in [0.717, 1.165) is 12.8 Å². The summed E-state index contributed by atoms with van der Waals surface area (Å²) < 4.78 is 24.1. The van der Waals surface area contributed by atoms with Crippen LogP contribution in [0.2, 0.25) is 36.3 Å². The van der Waals surface area contributed by atoms with Crippen LogP contribution in [-0.4, -0.2) is 54.0 Å². The third kappa shape index (κ3) is 7.76. The molecule has 2 rings (SSSR count). The highest BCUT2D eigenvalue weighted by Gasteiger charge is 2.52. The van der Waals surface area contributed by atoms with Gasteiger partial charge in [0.25, 0.3) is 0 Å². The highest BCUT2D eigenvalue weighted by atomic mass is 28.4. The third-order valence-electron chi connectivity index (χ3n) is 8.70. The van der Waals surface area contributed by atoms with Gasteiger partial charge in [-0.25, -0.2) is 0 Å². The van der Waals surface area contributed by atoms with Crippen LogP contribution in [0.3, 0.4) is 0 Å². The molecule has 1 saturated carbocycles. The highest BCUT2D eigenvalue weighted by molar-refractivity contribution is 6.74. The van der Waals surface area contributed by atoms with Gasteiger partial charge in [-0.2, -0.15) is 0 Å². The van der Waals surface area contributed by atoms with E-state index in [-0.39, 0.29) is 52.2 Å². The zero-order chi connectivity index (χ0) is 26.8. The molecule has 6 nitrogen and oxygen atoms in total. The SMILES string of the molecule is COC(=O)CCC[C@@H](/C=C/[C@@H]1[C@@H]2CC(=O)O[C@@H]2C[C@@H]1O[Si](C)(C)C(C)(C)C)O[Si](C)(C)C(C)(C)C. The molecule has 0 spiro atoms. The molecule has 202 valence electrons. The van der Waals surface area contributed by atoms with Crippen LogP contribution in [0.25, 0.3) is 0 Å². The van der Waals surface area contributed by atoms with E-state index in [1.54, 1.807) is 0 Å². The molecule has 1 heterocycles. The molecular weight excluding hydrogens is 476 g/mol. The van der Waals surface area contributed by atoms with Crippen LogP contribution in [0.5, 0.6) is 0 Å². The van der Waals surface area contributed by atoms with E-state index >= 15 is 0 Å². The van der Waals surface area contributed by atoms with Gasteiger partial charge in [0, 0.05) is 24.7 Å². The normalized spacial score (nSPS) is 26.7. The van der Waals surface area contributed by atoms with Crippen LogP contribution in [-0.2, 0) is 27.9 Å². The number of ether oxygens (including phenoxy) is 2. The van der Waals surface area contributed by atoms with Gasteiger partial charge >= 0.3 is 11.9 Å². The van der Waals surface area contributed by atoms with Gasteiger partial charge in [0.15, 0.2) is 16.6 Å². The Kier molecular flexibility index (Phi) is 9.68. The van der Waals surface area contributed by atoms with Crippen molar-refractivity contribution in [2.45, 2.75) is 128 Å². The minimum absolute atomic E-state index is 0.0406. The summed E-state index contributed by atoms with van der Waals surface area (Å²) in [4.78, 5) is 23.8. The largest absolute Gasteiger partial charge is 0.469 e. The van der Waals surface area contributed by atoms with Gasteiger partial charge < -0.3 is 18.3 Å². The maximum atomic E-state index is 12.1. The quantitative estimate of drug-likeness (QED) is 0.181. The van der Waals surface area contributed by atoms with Gasteiger partial charge in [-0.15, -0.1) is 0 Å². The van der Waals surface area contributed by atoms with E-state index in [1.807, 2.05) is 0 Å². The summed E-state index contributed by atoms with van der Waals surface area (Å²) in [5.41, 5.74) is 0. The zero-order valence-corrected chi connectivity index (χ0v) is 26.0. The van der Waals surface area contributed by atoms with Crippen LogP contribution in [0.15, 0.2) is 12.2 Å². The Morgan fingerprint density at radius 3 is 2.23 bits per heavy atom. The molecule has 0 unspecified atom stereocenters. The van der Waals surface area contributed by atoms with E-state index in [9.17, 15) is 9.59 Å². The standard InChI is InChI=1S/C27H50O6Si2/c1-26(2,3)34(8,9)32-19(13-12-14-24(28)30-7)15-16-20-21-17-25(29)31-22(21)18-23(20)33-35(10,11)27(4,5)6/h15-16,19-23H,12-14,17-18H2,1-11H3/b16-15+/t19-,20+,21-,22+,23-/m0/s1. The fourth-order valence-electron chi connectivity index (χ4n) is 4.40. The highest BCUT2D eigenvalue weighted by Crippen LogP contribution is 2.47. The third-order valence-corrected chi connectivity index (χ3v) is 17.7. The van der Waals surface area contributed by atoms with Crippen molar-refractivity contribution in [2.24, 2.45) is 11.8 Å². The average Bonchev–Trinajstić information content (AvgIpc) is 3.18. The predicted molar refractivity (Wildman–Crippen MR) is 145 cm³/mol. The maximum Gasteiger partial charge on any atom is 0.306 e. The number of hydrogen-bond donors (Lipinski definition) is 0. The van der Waals surface area contributed by atoms with Crippen molar-refractivity contribution in [2.75, 3.05) is 7.11 Å². The van der Waals surface area contributed by atoms with Crippen molar-refractivity contribution < 1.29 is 27.9 Å². The number of hydrogen-bond acceptors (Lipinski definition) is 6. The second-order valence-corrected chi connectivity index (χ2v) is 22.9. The second kappa shape index (κ2) is 11.2. The fourth-order valence-corrected chi connectivity index (χ4v) is 7.07. The smallest absolute Gasteiger partial charge is 0.306 e. The molecule has 0 aromatic rings. The monoisotopic (exact) mass is 526 g/mol. The molecule has 0 aromatic heterocycles. The molecule has 8 heteroatoms. The lowest BCUT2D eigenvalue weighted by atomic mass is 9.91. The first-order chi connectivity index (χ1) is 15.9. The number of esters is 2. The number of fused-ring (bicyclic) bond motifs is 1. The van der Waals surface area contributed by atoms with Crippen molar-refractivity contribution in [3.63, 3.8) is 0 Å². The zero-order valence-electron chi connectivity index (χ0n) is 24.0. The first kappa shape index (κ1) is 30.3. The molecule has 1 saturated heterocycles. The van der Waals surface area contributed by atoms with Gasteiger partial charge in [0.2, 0.25) is 0 Å². The van der Waals surface area contributed by atoms with E-state index in [0.29, 0.717) is 19.3 Å². The van der Waals surface area contributed by atoms with Crippen LogP contribution >= 0.6 is 0 Å². The molecule has 5 atom stereocenters. The molecule has 0 amide bonds. The Balaban J connectivity index is 2.27. The summed E-state index contributed by atoms with van der Waals surface area (Å²) in [5.74, 6) is -0.0247. The van der Waals surface area contributed by atoms with Gasteiger partial charge in [0.05, 0.1) is 25.7 Å². The van der Waals surface area contributed by atoms with E-state index < -0.39 is 16.6 Å². The summed E-state index contributed by atoms with van der Waals surface area (Å²) in [5, 5.41) is 0.192. The number of carbonyl (C=O) groups excluding carboxylic acids is 2. The summed E-state index contributed by atoms with van der Waals surface area (Å²) in [7, 11) is -2.58. The topological polar surface area (TPSA) is 71.1 Å². The molecule has 2 fully saturated rings. The number of rotatable bonds is 10. The van der Waals surface area contributed by atoms with Crippen molar-refractivity contribution >= 4 is 28.6 Å². The first-order valence-electron chi connectivity index (χ1n) is 13.2. The van der Waals surface area contributed by atoms with Crippen molar-refractivity contribution in [1.82, 2.24) is 0 Å². The molecule has 0 bridgehead atoms. The van der Waals surface area contributed by atoms with Crippen LogP contribution in [0, 0.1) is 11.8 Å². The molecule has 0 aromatic carbocycles. The number of carbonyl (C=O) groups is 2. The molecule has 35 heavy (non-hydrogen) atoms. The summed E-state index contributed by atoms with van der Waals surface area (Å²) in [6, 6.07) is 0. The molecule has 1 aliphatic carbocycles. The van der Waals surface area contributed by atoms with E-state index in [2.05, 4.69) is 79.9 Å². The van der Waals surface area contributed by atoms with Gasteiger partial charge in [0.1, 0.15) is 6.10 Å². The Morgan fingerprint density at radius 1 is 1.09 bits per heavy atom. The van der Waals surface area contributed by atoms with Crippen molar-refractivity contribution in [1.29, 1.82) is 0 Å². The fraction of sp³-hybridized carbons (Fsp3) is 0.852. The van der Waals surface area contributed by atoms with Crippen molar-refractivity contribution in [3.05, 3.63) is 12.2 Å². The predicted octanol–water partition coefficient (Wildman–Crippen LogP) is 6.62. The van der Waals surface area contributed by atoms with Gasteiger partial charge in [-0.1, -0.05) is 53.7 Å². The van der Waals surface area contributed by atoms with Crippen LogP contribution in [0.4, 0.5) is 0 Å². The Bertz CT molecular complexity index is 778. The minimum Gasteiger partial charge on any atom is -0.469 e. The lowest BCUT2D eigenvalue weighted by Gasteiger charge is -2.40. The summed E-state index contributed by atoms with van der Waals surface area (Å²) in [6.07, 6.45) is 7.35. The molecule has 2 aliphatic rings. The maximum absolute atomic E-state index is 12.1. The van der Waals surface area contributed by atoms with Crippen LogP contribution in [0.1, 0.15) is 73.6 Å².